The smallest absolute Gasteiger partial charge is 0.127 e. The van der Waals surface area contributed by atoms with Gasteiger partial charge in [-0.05, 0) is 42.3 Å². The van der Waals surface area contributed by atoms with E-state index in [4.69, 9.17) is 11.6 Å². The molecule has 4 heteroatoms. The molecule has 0 bridgehead atoms. The monoisotopic (exact) mass is 273 g/mol. The maximum absolute atomic E-state index is 13.7. The summed E-state index contributed by atoms with van der Waals surface area (Å²) in [5, 5.41) is 3.94. The summed E-state index contributed by atoms with van der Waals surface area (Å²) < 4.78 is 13.7. The Morgan fingerprint density at radius 2 is 2.29 bits per heavy atom. The van der Waals surface area contributed by atoms with Gasteiger partial charge in [-0.3, -0.25) is 0 Å². The largest absolute Gasteiger partial charge is 0.313 e. The second-order valence-corrected chi connectivity index (χ2v) is 5.91. The maximum atomic E-state index is 13.7. The Morgan fingerprint density at radius 3 is 3.00 bits per heavy atom. The van der Waals surface area contributed by atoms with Gasteiger partial charge in [0.25, 0.3) is 0 Å². The highest BCUT2D eigenvalue weighted by Crippen LogP contribution is 2.28. The van der Waals surface area contributed by atoms with Crippen LogP contribution in [0.15, 0.2) is 18.2 Å². The Balaban J connectivity index is 2.04. The van der Waals surface area contributed by atoms with Gasteiger partial charge in [0.15, 0.2) is 0 Å². The molecule has 0 aromatic heterocycles. The highest BCUT2D eigenvalue weighted by atomic mass is 35.5. The quantitative estimate of drug-likeness (QED) is 0.903. The highest BCUT2D eigenvalue weighted by Gasteiger charge is 2.27. The van der Waals surface area contributed by atoms with E-state index in [1.807, 2.05) is 17.8 Å². The van der Waals surface area contributed by atoms with Gasteiger partial charge in [0.1, 0.15) is 5.82 Å². The molecule has 1 saturated heterocycles. The topological polar surface area (TPSA) is 12.0 Å². The zero-order valence-corrected chi connectivity index (χ0v) is 11.5. The molecule has 1 fully saturated rings. The van der Waals surface area contributed by atoms with Gasteiger partial charge < -0.3 is 5.32 Å². The lowest BCUT2D eigenvalue weighted by atomic mass is 9.94. The van der Waals surface area contributed by atoms with Crippen LogP contribution in [0, 0.1) is 11.7 Å². The maximum Gasteiger partial charge on any atom is 0.127 e. The molecule has 0 radical (unpaired) electrons. The van der Waals surface area contributed by atoms with Gasteiger partial charge in [0.05, 0.1) is 0 Å². The molecule has 1 aliphatic heterocycles. The van der Waals surface area contributed by atoms with Crippen LogP contribution < -0.4 is 5.32 Å². The summed E-state index contributed by atoms with van der Waals surface area (Å²) in [6, 6.07) is 5.50. The lowest BCUT2D eigenvalue weighted by Gasteiger charge is -2.19. The van der Waals surface area contributed by atoms with Crippen molar-refractivity contribution >= 4 is 23.4 Å². The van der Waals surface area contributed by atoms with Crippen LogP contribution >= 0.6 is 23.4 Å². The Kier molecular flexibility index (Phi) is 4.71. The molecule has 1 aromatic rings. The Morgan fingerprint density at radius 1 is 1.47 bits per heavy atom. The number of nitrogens with one attached hydrogen (secondary N) is 1. The van der Waals surface area contributed by atoms with Crippen LogP contribution in [-0.4, -0.2) is 24.1 Å². The first-order valence-corrected chi connectivity index (χ1v) is 7.49. The molecule has 2 atom stereocenters. The van der Waals surface area contributed by atoms with Gasteiger partial charge in [-0.15, -0.1) is 0 Å². The van der Waals surface area contributed by atoms with E-state index >= 15 is 0 Å². The molecular weight excluding hydrogens is 257 g/mol. The Labute approximate surface area is 111 Å². The van der Waals surface area contributed by atoms with Crippen molar-refractivity contribution in [2.45, 2.75) is 19.4 Å². The van der Waals surface area contributed by atoms with Gasteiger partial charge in [0.2, 0.25) is 0 Å². The minimum atomic E-state index is -0.176. The molecule has 2 rings (SSSR count). The minimum absolute atomic E-state index is 0.176. The average molecular weight is 274 g/mol. The molecular formula is C13H17ClFNS. The van der Waals surface area contributed by atoms with Crippen molar-refractivity contribution in [3.05, 3.63) is 34.6 Å². The summed E-state index contributed by atoms with van der Waals surface area (Å²) in [7, 11) is 0. The Bertz CT molecular complexity index is 386. The molecule has 1 N–H and O–H groups in total. The third-order valence-electron chi connectivity index (χ3n) is 3.16. The van der Waals surface area contributed by atoms with Crippen LogP contribution in [0.3, 0.4) is 0 Å². The van der Waals surface area contributed by atoms with Crippen LogP contribution in [0.25, 0.3) is 0 Å². The molecule has 0 saturated carbocycles. The molecule has 0 amide bonds. The molecule has 0 spiro atoms. The molecule has 1 aromatic carbocycles. The molecule has 2 unspecified atom stereocenters. The van der Waals surface area contributed by atoms with Crippen molar-refractivity contribution in [3.63, 3.8) is 0 Å². The van der Waals surface area contributed by atoms with Gasteiger partial charge in [-0.25, -0.2) is 4.39 Å². The molecule has 1 aliphatic rings. The van der Waals surface area contributed by atoms with E-state index in [0.29, 0.717) is 17.0 Å². The molecule has 17 heavy (non-hydrogen) atoms. The SMILES string of the molecule is CCNC1CSCC1Cc1ccc(Cl)cc1F. The van der Waals surface area contributed by atoms with Crippen molar-refractivity contribution < 1.29 is 4.39 Å². The first-order valence-electron chi connectivity index (χ1n) is 5.95. The number of halogens is 2. The predicted octanol–water partition coefficient (Wildman–Crippen LogP) is 3.36. The van der Waals surface area contributed by atoms with Crippen LogP contribution in [0.1, 0.15) is 12.5 Å². The van der Waals surface area contributed by atoms with E-state index in [9.17, 15) is 4.39 Å². The lowest BCUT2D eigenvalue weighted by molar-refractivity contribution is 0.427. The van der Waals surface area contributed by atoms with Crippen molar-refractivity contribution in [1.82, 2.24) is 5.32 Å². The average Bonchev–Trinajstić information content (AvgIpc) is 2.71. The number of hydrogen-bond donors (Lipinski definition) is 1. The van der Waals surface area contributed by atoms with E-state index in [0.717, 1.165) is 30.0 Å². The minimum Gasteiger partial charge on any atom is -0.313 e. The van der Waals surface area contributed by atoms with E-state index in [1.165, 1.54) is 6.07 Å². The van der Waals surface area contributed by atoms with E-state index < -0.39 is 0 Å². The third-order valence-corrected chi connectivity index (χ3v) is 4.66. The number of hydrogen-bond acceptors (Lipinski definition) is 2. The molecule has 94 valence electrons. The van der Waals surface area contributed by atoms with E-state index in [1.54, 1.807) is 6.07 Å². The molecule has 1 heterocycles. The van der Waals surface area contributed by atoms with Gasteiger partial charge in [-0.2, -0.15) is 11.8 Å². The van der Waals surface area contributed by atoms with Crippen LogP contribution in [-0.2, 0) is 6.42 Å². The number of thioether (sulfide) groups is 1. The fourth-order valence-electron chi connectivity index (χ4n) is 2.26. The normalized spacial score (nSPS) is 24.2. The van der Waals surface area contributed by atoms with Crippen LogP contribution in [0.5, 0.6) is 0 Å². The first kappa shape index (κ1) is 13.2. The summed E-state index contributed by atoms with van der Waals surface area (Å²) in [4.78, 5) is 0. The van der Waals surface area contributed by atoms with E-state index in [-0.39, 0.29) is 5.82 Å². The van der Waals surface area contributed by atoms with Crippen molar-refractivity contribution in [3.8, 4) is 0 Å². The fourth-order valence-corrected chi connectivity index (χ4v) is 3.85. The summed E-state index contributed by atoms with van der Waals surface area (Å²) in [5.41, 5.74) is 0.782. The van der Waals surface area contributed by atoms with Crippen molar-refractivity contribution in [2.24, 2.45) is 5.92 Å². The summed E-state index contributed by atoms with van der Waals surface area (Å²) in [6.45, 7) is 3.09. The second-order valence-electron chi connectivity index (χ2n) is 4.40. The molecule has 1 nitrogen and oxygen atoms in total. The van der Waals surface area contributed by atoms with Crippen LogP contribution in [0.4, 0.5) is 4.39 Å². The fraction of sp³-hybridized carbons (Fsp3) is 0.538. The summed E-state index contributed by atoms with van der Waals surface area (Å²) in [5.74, 6) is 2.59. The van der Waals surface area contributed by atoms with Crippen molar-refractivity contribution in [1.29, 1.82) is 0 Å². The van der Waals surface area contributed by atoms with Gasteiger partial charge in [0, 0.05) is 16.8 Å². The summed E-state index contributed by atoms with van der Waals surface area (Å²) in [6.07, 6.45) is 0.799. The second kappa shape index (κ2) is 6.07. The van der Waals surface area contributed by atoms with Crippen molar-refractivity contribution in [2.75, 3.05) is 18.1 Å². The highest BCUT2D eigenvalue weighted by molar-refractivity contribution is 7.99. The van der Waals surface area contributed by atoms with E-state index in [2.05, 4.69) is 12.2 Å². The molecule has 0 aliphatic carbocycles. The Hall–Kier alpha value is -0.250. The zero-order chi connectivity index (χ0) is 12.3. The number of benzene rings is 1. The number of rotatable bonds is 4. The predicted molar refractivity (Wildman–Crippen MR) is 73.4 cm³/mol. The third kappa shape index (κ3) is 3.36. The first-order chi connectivity index (χ1) is 8.20. The zero-order valence-electron chi connectivity index (χ0n) is 9.88. The lowest BCUT2D eigenvalue weighted by Crippen LogP contribution is -2.36. The standard InChI is InChI=1S/C13H17ClFNS/c1-2-16-13-8-17-7-10(13)5-9-3-4-11(14)6-12(9)15/h3-4,6,10,13,16H,2,5,7-8H2,1H3. The van der Waals surface area contributed by atoms with Gasteiger partial charge in [-0.1, -0.05) is 24.6 Å². The van der Waals surface area contributed by atoms with Gasteiger partial charge >= 0.3 is 0 Å². The summed E-state index contributed by atoms with van der Waals surface area (Å²) >= 11 is 7.70. The van der Waals surface area contributed by atoms with Crippen LogP contribution in [0.2, 0.25) is 5.02 Å².